The van der Waals surface area contributed by atoms with Gasteiger partial charge in [-0.15, -0.1) is 11.8 Å². The first-order valence-corrected chi connectivity index (χ1v) is 9.98. The summed E-state index contributed by atoms with van der Waals surface area (Å²) in [5.74, 6) is -0.815. The molecule has 8 heteroatoms. The van der Waals surface area contributed by atoms with E-state index >= 15 is 0 Å². The summed E-state index contributed by atoms with van der Waals surface area (Å²) in [7, 11) is 3.06. The third-order valence-electron chi connectivity index (χ3n) is 4.69. The molecule has 3 aromatic rings. The topological polar surface area (TPSA) is 94.6 Å². The molecule has 0 bridgehead atoms. The number of aromatic hydroxyl groups is 1. The van der Waals surface area contributed by atoms with Crippen LogP contribution in [0.5, 0.6) is 5.75 Å². The molecule has 1 aromatic carbocycles. The highest BCUT2D eigenvalue weighted by Crippen LogP contribution is 2.35. The number of methoxy groups -OCH3 is 1. The molecule has 0 saturated carbocycles. The van der Waals surface area contributed by atoms with Crippen molar-refractivity contribution in [3.63, 3.8) is 0 Å². The summed E-state index contributed by atoms with van der Waals surface area (Å²) in [5.41, 5.74) is 0.931. The molecule has 7 nitrogen and oxygen atoms in total. The minimum Gasteiger partial charge on any atom is -0.502 e. The monoisotopic (exact) mass is 414 g/mol. The highest BCUT2D eigenvalue weighted by molar-refractivity contribution is 7.98. The Morgan fingerprint density at radius 1 is 1.34 bits per heavy atom. The van der Waals surface area contributed by atoms with Crippen molar-refractivity contribution in [2.24, 2.45) is 7.05 Å². The van der Waals surface area contributed by atoms with E-state index in [1.54, 1.807) is 17.9 Å². The normalized spacial score (nSPS) is 12.0. The molecular formula is C21H22N2O5S. The number of aromatic nitrogens is 2. The molecule has 29 heavy (non-hydrogen) atoms. The number of carbonyl (C=O) groups excluding carboxylic acids is 1. The molecule has 0 radical (unpaired) electrons. The van der Waals surface area contributed by atoms with Crippen molar-refractivity contribution >= 4 is 17.7 Å². The lowest BCUT2D eigenvalue weighted by molar-refractivity contribution is -0.140. The molecule has 2 heterocycles. The van der Waals surface area contributed by atoms with Crippen LogP contribution >= 0.6 is 11.8 Å². The van der Waals surface area contributed by atoms with Gasteiger partial charge in [-0.3, -0.25) is 14.3 Å². The van der Waals surface area contributed by atoms with E-state index in [4.69, 9.17) is 9.15 Å². The predicted octanol–water partition coefficient (Wildman–Crippen LogP) is 3.37. The molecule has 2 aromatic heterocycles. The van der Waals surface area contributed by atoms with Crippen LogP contribution in [0.15, 0.2) is 56.7 Å². The molecule has 0 aliphatic heterocycles. The lowest BCUT2D eigenvalue weighted by Crippen LogP contribution is -2.14. The zero-order chi connectivity index (χ0) is 21.0. The molecule has 0 spiro atoms. The van der Waals surface area contributed by atoms with Gasteiger partial charge in [0.05, 0.1) is 31.4 Å². The number of hydrogen-bond donors (Lipinski definition) is 1. The fourth-order valence-corrected chi connectivity index (χ4v) is 3.79. The molecule has 0 aliphatic carbocycles. The second-order valence-corrected chi connectivity index (χ2v) is 7.58. The first-order chi connectivity index (χ1) is 13.9. The lowest BCUT2D eigenvalue weighted by Gasteiger charge is -2.17. The van der Waals surface area contributed by atoms with Crippen LogP contribution in [0.2, 0.25) is 0 Å². The Kier molecular flexibility index (Phi) is 6.43. The van der Waals surface area contributed by atoms with Gasteiger partial charge in [0.15, 0.2) is 5.76 Å². The van der Waals surface area contributed by atoms with Crippen molar-refractivity contribution in [3.8, 4) is 5.75 Å². The van der Waals surface area contributed by atoms with Gasteiger partial charge in [0.2, 0.25) is 11.2 Å². The number of hydrogen-bond acceptors (Lipinski definition) is 7. The molecule has 3 rings (SSSR count). The van der Waals surface area contributed by atoms with Crippen molar-refractivity contribution in [1.82, 2.24) is 9.78 Å². The third kappa shape index (κ3) is 4.71. The highest BCUT2D eigenvalue weighted by Gasteiger charge is 2.29. The van der Waals surface area contributed by atoms with E-state index < -0.39 is 23.1 Å². The average Bonchev–Trinajstić information content (AvgIpc) is 3.06. The summed E-state index contributed by atoms with van der Waals surface area (Å²) in [5, 5.41) is 14.6. The molecule has 1 N–H and O–H groups in total. The van der Waals surface area contributed by atoms with Gasteiger partial charge in [-0.2, -0.15) is 5.10 Å². The molecule has 1 atom stereocenters. The van der Waals surface area contributed by atoms with Gasteiger partial charge in [-0.25, -0.2) is 0 Å². The van der Waals surface area contributed by atoms with E-state index in [-0.39, 0.29) is 12.2 Å². The van der Waals surface area contributed by atoms with E-state index in [1.165, 1.54) is 24.9 Å². The van der Waals surface area contributed by atoms with Gasteiger partial charge in [-0.1, -0.05) is 18.2 Å². The lowest BCUT2D eigenvalue weighted by atomic mass is 9.92. The van der Waals surface area contributed by atoms with E-state index in [1.807, 2.05) is 37.3 Å². The fraction of sp³-hybridized carbons (Fsp3) is 0.286. The Morgan fingerprint density at radius 3 is 2.69 bits per heavy atom. The zero-order valence-corrected chi connectivity index (χ0v) is 17.2. The Labute approximate surface area is 172 Å². The van der Waals surface area contributed by atoms with Crippen molar-refractivity contribution in [2.45, 2.75) is 29.9 Å². The largest absolute Gasteiger partial charge is 0.502 e. The van der Waals surface area contributed by atoms with E-state index in [2.05, 4.69) is 5.10 Å². The molecule has 0 aliphatic rings. The maximum Gasteiger partial charge on any atom is 0.306 e. The third-order valence-corrected chi connectivity index (χ3v) is 5.72. The second-order valence-electron chi connectivity index (χ2n) is 6.53. The van der Waals surface area contributed by atoms with Gasteiger partial charge >= 0.3 is 5.97 Å². The maximum absolute atomic E-state index is 12.4. The molecule has 0 unspecified atom stereocenters. The van der Waals surface area contributed by atoms with Crippen molar-refractivity contribution in [3.05, 3.63) is 75.6 Å². The number of rotatable bonds is 7. The van der Waals surface area contributed by atoms with Crippen LogP contribution in [0, 0.1) is 6.92 Å². The average molecular weight is 414 g/mol. The first kappa shape index (κ1) is 20.7. The summed E-state index contributed by atoms with van der Waals surface area (Å²) < 4.78 is 12.4. The summed E-state index contributed by atoms with van der Waals surface area (Å²) in [4.78, 5) is 25.4. The number of benzene rings is 1. The fourth-order valence-electron chi connectivity index (χ4n) is 2.99. The summed E-state index contributed by atoms with van der Waals surface area (Å²) in [6.45, 7) is 1.84. The van der Waals surface area contributed by atoms with Gasteiger partial charge in [0, 0.05) is 29.3 Å². The van der Waals surface area contributed by atoms with Crippen molar-refractivity contribution < 1.29 is 19.1 Å². The number of thioether (sulfide) groups is 1. The molecular weight excluding hydrogens is 392 g/mol. The Hall–Kier alpha value is -3.00. The minimum absolute atomic E-state index is 0.0441. The molecule has 0 amide bonds. The maximum atomic E-state index is 12.4. The Balaban J connectivity index is 2.00. The van der Waals surface area contributed by atoms with Gasteiger partial charge in [0.1, 0.15) is 5.76 Å². The minimum atomic E-state index is -0.689. The van der Waals surface area contributed by atoms with E-state index in [9.17, 15) is 14.7 Å². The highest BCUT2D eigenvalue weighted by atomic mass is 32.2. The summed E-state index contributed by atoms with van der Waals surface area (Å²) >= 11 is 1.51. The number of carbonyl (C=O) groups is 1. The summed E-state index contributed by atoms with van der Waals surface area (Å²) in [6.07, 6.45) is 1.52. The van der Waals surface area contributed by atoms with Crippen LogP contribution in [0.4, 0.5) is 0 Å². The molecule has 0 fully saturated rings. The number of esters is 1. The van der Waals surface area contributed by atoms with E-state index in [0.717, 1.165) is 10.6 Å². The van der Waals surface area contributed by atoms with Crippen LogP contribution in [0.3, 0.4) is 0 Å². The first-order valence-electron chi connectivity index (χ1n) is 8.99. The van der Waals surface area contributed by atoms with Crippen molar-refractivity contribution in [2.75, 3.05) is 7.11 Å². The number of aryl methyl sites for hydroxylation is 1. The SMILES string of the molecule is COC(=O)C[C@H](c1cnn(C)c1C)c1oc(CSc2ccccc2)cc(=O)c1O. The standard InChI is InChI=1S/C21H22N2O5S/c1-13-17(11-22-23(13)2)16(10-19(25)27-3)21-20(26)18(24)9-14(28-21)12-29-15-7-5-4-6-8-15/h4-9,11,16,26H,10,12H2,1-3H3/t16-/m1/s1. The zero-order valence-electron chi connectivity index (χ0n) is 16.4. The van der Waals surface area contributed by atoms with Crippen LogP contribution in [-0.2, 0) is 22.3 Å². The molecule has 152 valence electrons. The Morgan fingerprint density at radius 2 is 2.07 bits per heavy atom. The summed E-state index contributed by atoms with van der Waals surface area (Å²) in [6, 6.07) is 11.0. The van der Waals surface area contributed by atoms with Gasteiger partial charge < -0.3 is 14.3 Å². The van der Waals surface area contributed by atoms with Crippen LogP contribution in [0.25, 0.3) is 0 Å². The van der Waals surface area contributed by atoms with E-state index in [0.29, 0.717) is 17.1 Å². The molecule has 0 saturated heterocycles. The van der Waals surface area contributed by atoms with Crippen LogP contribution < -0.4 is 5.43 Å². The smallest absolute Gasteiger partial charge is 0.306 e. The van der Waals surface area contributed by atoms with Crippen LogP contribution in [0.1, 0.15) is 35.1 Å². The Bertz CT molecular complexity index is 1060. The second kappa shape index (κ2) is 9.00. The van der Waals surface area contributed by atoms with Gasteiger partial charge in [0.25, 0.3) is 0 Å². The number of ether oxygens (including phenoxy) is 1. The van der Waals surface area contributed by atoms with Crippen molar-refractivity contribution in [1.29, 1.82) is 0 Å². The van der Waals surface area contributed by atoms with Gasteiger partial charge in [-0.05, 0) is 19.1 Å². The number of nitrogens with zero attached hydrogens (tertiary/aromatic N) is 2. The quantitative estimate of drug-likeness (QED) is 0.468. The van der Waals surface area contributed by atoms with Crippen LogP contribution in [-0.4, -0.2) is 28.0 Å². The predicted molar refractivity (Wildman–Crippen MR) is 109 cm³/mol.